The summed E-state index contributed by atoms with van der Waals surface area (Å²) in [4.78, 5) is 4.53. The van der Waals surface area contributed by atoms with Crippen molar-refractivity contribution in [3.63, 3.8) is 0 Å². The smallest absolute Gasteiger partial charge is 0.153 e. The second-order valence-electron chi connectivity index (χ2n) is 8.43. The van der Waals surface area contributed by atoms with Crippen LogP contribution in [0.15, 0.2) is 4.99 Å². The third-order valence-electron chi connectivity index (χ3n) is 5.53. The lowest BCUT2D eigenvalue weighted by molar-refractivity contribution is 0.558. The van der Waals surface area contributed by atoms with Crippen LogP contribution in [-0.4, -0.2) is 17.5 Å². The van der Waals surface area contributed by atoms with E-state index in [1.165, 1.54) is 128 Å². The summed E-state index contributed by atoms with van der Waals surface area (Å²) in [6, 6.07) is 0. The van der Waals surface area contributed by atoms with E-state index in [-0.39, 0.29) is 0 Å². The summed E-state index contributed by atoms with van der Waals surface area (Å²) in [5.41, 5.74) is 6.03. The summed E-state index contributed by atoms with van der Waals surface area (Å²) < 4.78 is 0. The van der Waals surface area contributed by atoms with Crippen LogP contribution >= 0.6 is 11.8 Å². The number of amidine groups is 1. The first-order valence-electron chi connectivity index (χ1n) is 12.7. The monoisotopic (exact) mass is 412 g/mol. The van der Waals surface area contributed by atoms with Crippen LogP contribution in [0.4, 0.5) is 0 Å². The Labute approximate surface area is 182 Å². The maximum absolute atomic E-state index is 6.03. The molecule has 0 aromatic carbocycles. The van der Waals surface area contributed by atoms with Crippen molar-refractivity contribution >= 4 is 16.9 Å². The van der Waals surface area contributed by atoms with Crippen LogP contribution < -0.4 is 5.73 Å². The Balaban J connectivity index is 3.22. The van der Waals surface area contributed by atoms with E-state index < -0.39 is 0 Å². The van der Waals surface area contributed by atoms with Crippen LogP contribution in [0.3, 0.4) is 0 Å². The van der Waals surface area contributed by atoms with E-state index in [1.807, 2.05) is 0 Å². The minimum Gasteiger partial charge on any atom is -0.379 e. The van der Waals surface area contributed by atoms with Crippen molar-refractivity contribution in [2.45, 2.75) is 142 Å². The largest absolute Gasteiger partial charge is 0.379 e. The summed E-state index contributed by atoms with van der Waals surface area (Å²) in [6.45, 7) is 5.49. The van der Waals surface area contributed by atoms with Crippen LogP contribution in [0, 0.1) is 0 Å². The summed E-state index contributed by atoms with van der Waals surface area (Å²) >= 11 is 1.76. The van der Waals surface area contributed by atoms with Crippen molar-refractivity contribution in [2.24, 2.45) is 10.7 Å². The fourth-order valence-corrected chi connectivity index (χ4v) is 4.34. The van der Waals surface area contributed by atoms with E-state index >= 15 is 0 Å². The molecular formula is C25H52N2S. The number of aliphatic imine (C=N–C) groups is 1. The molecule has 2 N–H and O–H groups in total. The molecule has 0 heterocycles. The average molecular weight is 413 g/mol. The van der Waals surface area contributed by atoms with Gasteiger partial charge in [0, 0.05) is 12.3 Å². The minimum atomic E-state index is 0.812. The molecule has 168 valence electrons. The Morgan fingerprint density at radius 3 is 1.32 bits per heavy atom. The minimum absolute atomic E-state index is 0.812. The first kappa shape index (κ1) is 27.8. The highest BCUT2D eigenvalue weighted by atomic mass is 32.2. The molecule has 3 heteroatoms. The number of hydrogen-bond donors (Lipinski definition) is 1. The lowest BCUT2D eigenvalue weighted by Crippen LogP contribution is -2.08. The van der Waals surface area contributed by atoms with Crippen LogP contribution in [-0.2, 0) is 0 Å². The summed E-state index contributed by atoms with van der Waals surface area (Å²) in [6.07, 6.45) is 27.7. The first-order valence-corrected chi connectivity index (χ1v) is 13.7. The zero-order chi connectivity index (χ0) is 20.5. The molecule has 0 unspecified atom stereocenters. The van der Waals surface area contributed by atoms with Gasteiger partial charge in [-0.25, -0.2) is 0 Å². The SMILES string of the molecule is CCCCCCCCCCCCN=C(N)SCCCCCCCCCCCC. The molecule has 0 aliphatic rings. The van der Waals surface area contributed by atoms with Crippen molar-refractivity contribution < 1.29 is 0 Å². The number of nitrogens with two attached hydrogens (primary N) is 1. The third-order valence-corrected chi connectivity index (χ3v) is 6.44. The van der Waals surface area contributed by atoms with Crippen LogP contribution in [0.2, 0.25) is 0 Å². The van der Waals surface area contributed by atoms with Crippen molar-refractivity contribution in [1.29, 1.82) is 0 Å². The Morgan fingerprint density at radius 1 is 0.536 bits per heavy atom. The quantitative estimate of drug-likeness (QED) is 0.109. The Hall–Kier alpha value is -0.180. The van der Waals surface area contributed by atoms with E-state index in [4.69, 9.17) is 5.73 Å². The second kappa shape index (κ2) is 24.9. The van der Waals surface area contributed by atoms with E-state index in [1.54, 1.807) is 11.8 Å². The number of hydrogen-bond acceptors (Lipinski definition) is 2. The zero-order valence-corrected chi connectivity index (χ0v) is 20.3. The highest BCUT2D eigenvalue weighted by molar-refractivity contribution is 8.13. The van der Waals surface area contributed by atoms with Crippen LogP contribution in [0.1, 0.15) is 142 Å². The number of rotatable bonds is 22. The van der Waals surface area contributed by atoms with E-state index in [0.29, 0.717) is 0 Å². The molecule has 0 aliphatic carbocycles. The average Bonchev–Trinajstić information content (AvgIpc) is 2.70. The Morgan fingerprint density at radius 2 is 0.893 bits per heavy atom. The fourth-order valence-electron chi connectivity index (χ4n) is 3.60. The lowest BCUT2D eigenvalue weighted by Gasteiger charge is -2.03. The van der Waals surface area contributed by atoms with Gasteiger partial charge in [0.25, 0.3) is 0 Å². The molecule has 0 aromatic rings. The molecule has 2 nitrogen and oxygen atoms in total. The van der Waals surface area contributed by atoms with Crippen molar-refractivity contribution in [3.8, 4) is 0 Å². The van der Waals surface area contributed by atoms with Crippen molar-refractivity contribution in [3.05, 3.63) is 0 Å². The fraction of sp³-hybridized carbons (Fsp3) is 0.960. The third kappa shape index (κ3) is 23.9. The van der Waals surface area contributed by atoms with Gasteiger partial charge in [-0.15, -0.1) is 0 Å². The van der Waals surface area contributed by atoms with Gasteiger partial charge in [-0.2, -0.15) is 0 Å². The number of nitrogens with zero attached hydrogens (tertiary/aromatic N) is 1. The van der Waals surface area contributed by atoms with Gasteiger partial charge >= 0.3 is 0 Å². The molecule has 0 spiro atoms. The molecule has 0 radical (unpaired) electrons. The van der Waals surface area contributed by atoms with E-state index in [2.05, 4.69) is 18.8 Å². The predicted molar refractivity (Wildman–Crippen MR) is 133 cm³/mol. The van der Waals surface area contributed by atoms with Gasteiger partial charge < -0.3 is 5.73 Å². The molecule has 0 aliphatic heterocycles. The summed E-state index contributed by atoms with van der Waals surface area (Å²) in [7, 11) is 0. The van der Waals surface area contributed by atoms with Gasteiger partial charge in [0.1, 0.15) is 0 Å². The van der Waals surface area contributed by atoms with Crippen LogP contribution in [0.5, 0.6) is 0 Å². The molecule has 28 heavy (non-hydrogen) atoms. The molecule has 0 rings (SSSR count). The number of unbranched alkanes of at least 4 members (excludes halogenated alkanes) is 18. The van der Waals surface area contributed by atoms with Gasteiger partial charge in [0.05, 0.1) is 0 Å². The summed E-state index contributed by atoms with van der Waals surface area (Å²) in [5, 5.41) is 0.812. The molecule has 0 atom stereocenters. The van der Waals surface area contributed by atoms with E-state index in [0.717, 1.165) is 17.5 Å². The van der Waals surface area contributed by atoms with E-state index in [9.17, 15) is 0 Å². The highest BCUT2D eigenvalue weighted by Gasteiger charge is 1.97. The topological polar surface area (TPSA) is 38.4 Å². The van der Waals surface area contributed by atoms with Crippen LogP contribution in [0.25, 0.3) is 0 Å². The molecular weight excluding hydrogens is 360 g/mol. The first-order chi connectivity index (χ1) is 13.8. The van der Waals surface area contributed by atoms with Crippen molar-refractivity contribution in [2.75, 3.05) is 12.3 Å². The van der Waals surface area contributed by atoms with Gasteiger partial charge in [-0.3, -0.25) is 4.99 Å². The maximum Gasteiger partial charge on any atom is 0.153 e. The Kier molecular flexibility index (Phi) is 24.7. The van der Waals surface area contributed by atoms with Crippen molar-refractivity contribution in [1.82, 2.24) is 0 Å². The molecule has 0 bridgehead atoms. The summed E-state index contributed by atoms with van der Waals surface area (Å²) in [5.74, 6) is 1.14. The van der Waals surface area contributed by atoms with Gasteiger partial charge in [0.2, 0.25) is 0 Å². The number of thioether (sulfide) groups is 1. The van der Waals surface area contributed by atoms with Gasteiger partial charge in [-0.1, -0.05) is 141 Å². The van der Waals surface area contributed by atoms with Gasteiger partial charge in [-0.05, 0) is 12.8 Å². The molecule has 0 saturated heterocycles. The zero-order valence-electron chi connectivity index (χ0n) is 19.5. The lowest BCUT2D eigenvalue weighted by atomic mass is 10.1. The maximum atomic E-state index is 6.03. The highest BCUT2D eigenvalue weighted by Crippen LogP contribution is 2.13. The Bertz CT molecular complexity index is 318. The molecule has 0 saturated carbocycles. The normalized spacial score (nSPS) is 12.0. The molecule has 0 fully saturated rings. The second-order valence-corrected chi connectivity index (χ2v) is 9.55. The molecule has 0 aromatic heterocycles. The standard InChI is InChI=1S/C25H52N2S/c1-3-5-7-9-11-13-15-17-19-21-23-27-25(26)28-24-22-20-18-16-14-12-10-8-6-4-2/h3-24H2,1-2H3,(H2,26,27). The predicted octanol–water partition coefficient (Wildman–Crippen LogP) is 8.88. The van der Waals surface area contributed by atoms with Gasteiger partial charge in [0.15, 0.2) is 5.17 Å². The molecule has 0 amide bonds.